The predicted octanol–water partition coefficient (Wildman–Crippen LogP) is 6.06. The molecule has 3 nitrogen and oxygen atoms in total. The molecule has 2 aromatic rings. The van der Waals surface area contributed by atoms with Crippen molar-refractivity contribution in [2.45, 2.75) is 25.1 Å². The lowest BCUT2D eigenvalue weighted by Crippen LogP contribution is -2.28. The number of amides is 2. The molecule has 0 aliphatic rings. The van der Waals surface area contributed by atoms with Gasteiger partial charge in [-0.05, 0) is 48.0 Å². The van der Waals surface area contributed by atoms with Gasteiger partial charge in [-0.3, -0.25) is 0 Å². The average molecular weight is 430 g/mol. The number of anilines is 1. The summed E-state index contributed by atoms with van der Waals surface area (Å²) in [6, 6.07) is 3.09. The standard InChI is InChI=1S/C17H11F9N2O/c18-15(19,20)10-1-3-13(4-2-10)28-14(29)27-8-9-5-11(16(21,22)23)7-12(6-9)17(24,25)26/h1-7H,8H2,(H2,27,28,29). The first-order valence-electron chi connectivity index (χ1n) is 7.67. The highest BCUT2D eigenvalue weighted by atomic mass is 19.4. The van der Waals surface area contributed by atoms with Crippen molar-refractivity contribution >= 4 is 11.7 Å². The molecule has 0 spiro atoms. The molecule has 0 radical (unpaired) electrons. The van der Waals surface area contributed by atoms with Crippen molar-refractivity contribution in [3.05, 3.63) is 64.7 Å². The first-order chi connectivity index (χ1) is 13.2. The molecular formula is C17H11F9N2O. The van der Waals surface area contributed by atoms with Crippen LogP contribution in [-0.2, 0) is 25.1 Å². The SMILES string of the molecule is O=C(NCc1cc(C(F)(F)F)cc(C(F)(F)F)c1)Nc1ccc(C(F)(F)F)cc1. The molecule has 0 fully saturated rings. The first-order valence-corrected chi connectivity index (χ1v) is 7.67. The highest BCUT2D eigenvalue weighted by molar-refractivity contribution is 5.89. The molecule has 0 unspecified atom stereocenters. The molecule has 0 aromatic heterocycles. The number of carbonyl (C=O) groups is 1. The number of hydrogen-bond donors (Lipinski definition) is 2. The molecule has 2 N–H and O–H groups in total. The summed E-state index contributed by atoms with van der Waals surface area (Å²) in [5, 5.41) is 4.16. The van der Waals surface area contributed by atoms with Crippen molar-refractivity contribution in [1.82, 2.24) is 5.32 Å². The lowest BCUT2D eigenvalue weighted by atomic mass is 10.0. The third-order valence-electron chi connectivity index (χ3n) is 3.57. The minimum absolute atomic E-state index is 0.0498. The Morgan fingerprint density at radius 2 is 1.14 bits per heavy atom. The van der Waals surface area contributed by atoms with E-state index in [0.717, 1.165) is 12.1 Å². The molecule has 0 heterocycles. The molecule has 0 saturated heterocycles. The molecule has 0 aliphatic heterocycles. The lowest BCUT2D eigenvalue weighted by Gasteiger charge is -2.15. The number of nitrogens with one attached hydrogen (secondary N) is 2. The molecule has 158 valence electrons. The number of rotatable bonds is 3. The predicted molar refractivity (Wildman–Crippen MR) is 83.7 cm³/mol. The van der Waals surface area contributed by atoms with Crippen LogP contribution in [0.15, 0.2) is 42.5 Å². The fourth-order valence-corrected chi connectivity index (χ4v) is 2.22. The fourth-order valence-electron chi connectivity index (χ4n) is 2.22. The summed E-state index contributed by atoms with van der Waals surface area (Å²) in [5.41, 5.74) is -4.56. The quantitative estimate of drug-likeness (QED) is 0.571. The monoisotopic (exact) mass is 430 g/mol. The summed E-state index contributed by atoms with van der Waals surface area (Å²) in [6.45, 7) is -0.681. The van der Waals surface area contributed by atoms with Gasteiger partial charge in [0.25, 0.3) is 0 Å². The van der Waals surface area contributed by atoms with Gasteiger partial charge in [-0.1, -0.05) is 0 Å². The number of benzene rings is 2. The normalized spacial score (nSPS) is 12.6. The van der Waals surface area contributed by atoms with Gasteiger partial charge in [-0.25, -0.2) is 4.79 Å². The zero-order chi connectivity index (χ0) is 22.0. The minimum atomic E-state index is -5.03. The number of urea groups is 1. The molecule has 2 aromatic carbocycles. The molecule has 12 heteroatoms. The van der Waals surface area contributed by atoms with Crippen LogP contribution in [0.1, 0.15) is 22.3 Å². The van der Waals surface area contributed by atoms with E-state index in [0.29, 0.717) is 24.3 Å². The summed E-state index contributed by atoms with van der Waals surface area (Å²) in [6.07, 6.45) is -14.6. The first kappa shape index (κ1) is 22.4. The number of hydrogen-bond acceptors (Lipinski definition) is 1. The number of halogens is 9. The van der Waals surface area contributed by atoms with Crippen LogP contribution in [0.4, 0.5) is 50.0 Å². The van der Waals surface area contributed by atoms with Gasteiger partial charge in [0.15, 0.2) is 0 Å². The third kappa shape index (κ3) is 6.29. The Bertz CT molecular complexity index is 836. The zero-order valence-electron chi connectivity index (χ0n) is 14.1. The summed E-state index contributed by atoms with van der Waals surface area (Å²) in [4.78, 5) is 11.7. The molecule has 0 saturated carbocycles. The maximum Gasteiger partial charge on any atom is 0.416 e. The van der Waals surface area contributed by atoms with Crippen LogP contribution < -0.4 is 10.6 Å². The van der Waals surface area contributed by atoms with E-state index in [9.17, 15) is 44.3 Å². The van der Waals surface area contributed by atoms with Crippen molar-refractivity contribution < 1.29 is 44.3 Å². The van der Waals surface area contributed by atoms with E-state index in [4.69, 9.17) is 0 Å². The minimum Gasteiger partial charge on any atom is -0.334 e. The fraction of sp³-hybridized carbons (Fsp3) is 0.235. The van der Waals surface area contributed by atoms with Crippen molar-refractivity contribution in [3.8, 4) is 0 Å². The molecule has 29 heavy (non-hydrogen) atoms. The second kappa shape index (κ2) is 7.84. The van der Waals surface area contributed by atoms with Gasteiger partial charge in [0.05, 0.1) is 16.7 Å². The van der Waals surface area contributed by atoms with Crippen LogP contribution in [0.2, 0.25) is 0 Å². The van der Waals surface area contributed by atoms with Crippen molar-refractivity contribution in [3.63, 3.8) is 0 Å². The van der Waals surface area contributed by atoms with Gasteiger partial charge in [0.1, 0.15) is 0 Å². The summed E-state index contributed by atoms with van der Waals surface area (Å²) in [7, 11) is 0. The van der Waals surface area contributed by atoms with Gasteiger partial charge in [0.2, 0.25) is 0 Å². The summed E-state index contributed by atoms with van der Waals surface area (Å²) in [5.74, 6) is 0. The van der Waals surface area contributed by atoms with Crippen LogP contribution in [0.5, 0.6) is 0 Å². The third-order valence-corrected chi connectivity index (χ3v) is 3.57. The Labute approximate surface area is 157 Å². The van der Waals surface area contributed by atoms with Crippen LogP contribution in [-0.4, -0.2) is 6.03 Å². The van der Waals surface area contributed by atoms with Crippen LogP contribution in [0.25, 0.3) is 0 Å². The van der Waals surface area contributed by atoms with Crippen molar-refractivity contribution in [1.29, 1.82) is 0 Å². The second-order valence-corrected chi connectivity index (χ2v) is 5.80. The largest absolute Gasteiger partial charge is 0.416 e. The van der Waals surface area contributed by atoms with Gasteiger partial charge in [-0.2, -0.15) is 39.5 Å². The average Bonchev–Trinajstić information content (AvgIpc) is 2.58. The summed E-state index contributed by atoms with van der Waals surface area (Å²) >= 11 is 0. The maximum atomic E-state index is 12.8. The molecule has 0 atom stereocenters. The van der Waals surface area contributed by atoms with E-state index < -0.39 is 53.4 Å². The Morgan fingerprint density at radius 1 is 0.690 bits per heavy atom. The topological polar surface area (TPSA) is 41.1 Å². The lowest BCUT2D eigenvalue weighted by molar-refractivity contribution is -0.143. The van der Waals surface area contributed by atoms with Crippen LogP contribution in [0.3, 0.4) is 0 Å². The van der Waals surface area contributed by atoms with E-state index in [1.807, 2.05) is 5.32 Å². The molecule has 0 bridgehead atoms. The second-order valence-electron chi connectivity index (χ2n) is 5.80. The number of alkyl halides is 9. The Balaban J connectivity index is 2.09. The van der Waals surface area contributed by atoms with Gasteiger partial charge in [0, 0.05) is 12.2 Å². The van der Waals surface area contributed by atoms with E-state index in [1.165, 1.54) is 0 Å². The van der Waals surface area contributed by atoms with Crippen LogP contribution >= 0.6 is 0 Å². The van der Waals surface area contributed by atoms with E-state index >= 15 is 0 Å². The summed E-state index contributed by atoms with van der Waals surface area (Å²) < 4.78 is 114. The highest BCUT2D eigenvalue weighted by Crippen LogP contribution is 2.36. The Hall–Kier alpha value is -2.92. The van der Waals surface area contributed by atoms with E-state index in [1.54, 1.807) is 0 Å². The van der Waals surface area contributed by atoms with Crippen molar-refractivity contribution in [2.24, 2.45) is 0 Å². The van der Waals surface area contributed by atoms with E-state index in [-0.39, 0.29) is 11.8 Å². The molecule has 2 amide bonds. The van der Waals surface area contributed by atoms with Gasteiger partial charge < -0.3 is 10.6 Å². The maximum absolute atomic E-state index is 12.8. The zero-order valence-corrected chi connectivity index (χ0v) is 14.1. The Kier molecular flexibility index (Phi) is 6.04. The molecule has 2 rings (SSSR count). The van der Waals surface area contributed by atoms with Gasteiger partial charge >= 0.3 is 24.6 Å². The highest BCUT2D eigenvalue weighted by Gasteiger charge is 2.36. The molecule has 0 aliphatic carbocycles. The Morgan fingerprint density at radius 3 is 1.55 bits per heavy atom. The smallest absolute Gasteiger partial charge is 0.334 e. The van der Waals surface area contributed by atoms with Crippen molar-refractivity contribution in [2.75, 3.05) is 5.32 Å². The molecular weight excluding hydrogens is 419 g/mol. The van der Waals surface area contributed by atoms with E-state index in [2.05, 4.69) is 5.32 Å². The van der Waals surface area contributed by atoms with Gasteiger partial charge in [-0.15, -0.1) is 0 Å². The van der Waals surface area contributed by atoms with Crippen LogP contribution in [0, 0.1) is 0 Å². The number of carbonyl (C=O) groups excluding carboxylic acids is 1.